The van der Waals surface area contributed by atoms with E-state index in [1.54, 1.807) is 0 Å². The molecule has 6 nitrogen and oxygen atoms in total. The Kier molecular flexibility index (Phi) is 3.96. The van der Waals surface area contributed by atoms with E-state index in [1.165, 1.54) is 7.05 Å². The van der Waals surface area contributed by atoms with Crippen molar-refractivity contribution in [2.24, 2.45) is 11.8 Å². The third kappa shape index (κ3) is 3.17. The van der Waals surface area contributed by atoms with Crippen LogP contribution in [0.2, 0.25) is 0 Å². The van der Waals surface area contributed by atoms with Gasteiger partial charge < -0.3 is 15.5 Å². The minimum absolute atomic E-state index is 0.209. The van der Waals surface area contributed by atoms with Crippen molar-refractivity contribution in [1.82, 2.24) is 20.9 Å². The van der Waals surface area contributed by atoms with Gasteiger partial charge in [-0.1, -0.05) is 0 Å². The average molecular weight is 240 g/mol. The summed E-state index contributed by atoms with van der Waals surface area (Å²) in [5.74, 6) is 1.29. The van der Waals surface area contributed by atoms with Crippen LogP contribution in [0, 0.1) is 11.8 Å². The van der Waals surface area contributed by atoms with Crippen LogP contribution < -0.4 is 16.0 Å². The van der Waals surface area contributed by atoms with E-state index in [1.807, 2.05) is 0 Å². The maximum absolute atomic E-state index is 11.4. The maximum Gasteiger partial charge on any atom is 0.321 e. The van der Waals surface area contributed by atoms with Crippen LogP contribution in [0.5, 0.6) is 0 Å². The van der Waals surface area contributed by atoms with E-state index in [0.29, 0.717) is 6.42 Å². The van der Waals surface area contributed by atoms with Gasteiger partial charge in [0, 0.05) is 33.1 Å². The lowest BCUT2D eigenvalue weighted by molar-refractivity contribution is -0.120. The Morgan fingerprint density at radius 1 is 1.29 bits per heavy atom. The van der Waals surface area contributed by atoms with E-state index in [2.05, 4.69) is 20.9 Å². The Balaban J connectivity index is 1.66. The molecular weight excluding hydrogens is 220 g/mol. The SMILES string of the molecule is CNC(=O)NC(=O)CCN1CC2CNCC2C1. The van der Waals surface area contributed by atoms with Gasteiger partial charge in [-0.05, 0) is 24.9 Å². The van der Waals surface area contributed by atoms with Crippen molar-refractivity contribution in [3.8, 4) is 0 Å². The molecule has 17 heavy (non-hydrogen) atoms. The van der Waals surface area contributed by atoms with Gasteiger partial charge in [0.15, 0.2) is 0 Å². The zero-order chi connectivity index (χ0) is 12.3. The second-order valence-corrected chi connectivity index (χ2v) is 4.82. The summed E-state index contributed by atoms with van der Waals surface area (Å²) in [6, 6.07) is -0.433. The molecule has 0 aromatic carbocycles. The van der Waals surface area contributed by atoms with Crippen LogP contribution in [0.15, 0.2) is 0 Å². The Bertz CT molecular complexity index is 296. The number of hydrogen-bond acceptors (Lipinski definition) is 4. The first-order chi connectivity index (χ1) is 8.19. The molecule has 3 N–H and O–H groups in total. The molecule has 3 amide bonds. The lowest BCUT2D eigenvalue weighted by Crippen LogP contribution is -2.39. The monoisotopic (exact) mass is 240 g/mol. The van der Waals surface area contributed by atoms with Gasteiger partial charge in [-0.15, -0.1) is 0 Å². The van der Waals surface area contributed by atoms with Crippen LogP contribution in [0.1, 0.15) is 6.42 Å². The first-order valence-corrected chi connectivity index (χ1v) is 6.13. The van der Waals surface area contributed by atoms with Crippen LogP contribution in [0.4, 0.5) is 4.79 Å². The number of imide groups is 1. The number of carbonyl (C=O) groups excluding carboxylic acids is 2. The molecule has 0 spiro atoms. The Morgan fingerprint density at radius 2 is 1.94 bits per heavy atom. The third-order valence-electron chi connectivity index (χ3n) is 3.60. The molecule has 2 heterocycles. The van der Waals surface area contributed by atoms with Crippen molar-refractivity contribution in [2.45, 2.75) is 6.42 Å². The zero-order valence-corrected chi connectivity index (χ0v) is 10.2. The number of nitrogens with one attached hydrogen (secondary N) is 3. The summed E-state index contributed by atoms with van der Waals surface area (Å²) in [4.78, 5) is 24.6. The fourth-order valence-corrected chi connectivity index (χ4v) is 2.65. The highest BCUT2D eigenvalue weighted by molar-refractivity contribution is 5.94. The number of likely N-dealkylation sites (tertiary alicyclic amines) is 1. The van der Waals surface area contributed by atoms with E-state index < -0.39 is 6.03 Å². The lowest BCUT2D eigenvalue weighted by Gasteiger charge is -2.16. The Morgan fingerprint density at radius 3 is 2.53 bits per heavy atom. The van der Waals surface area contributed by atoms with Crippen molar-refractivity contribution in [3.63, 3.8) is 0 Å². The molecule has 0 aromatic heterocycles. The molecule has 2 rings (SSSR count). The van der Waals surface area contributed by atoms with E-state index in [4.69, 9.17) is 0 Å². The molecule has 0 bridgehead atoms. The van der Waals surface area contributed by atoms with Crippen molar-refractivity contribution < 1.29 is 9.59 Å². The van der Waals surface area contributed by atoms with Crippen molar-refractivity contribution in [3.05, 3.63) is 0 Å². The quantitative estimate of drug-likeness (QED) is 0.590. The summed E-state index contributed by atoms with van der Waals surface area (Å²) >= 11 is 0. The highest BCUT2D eigenvalue weighted by Gasteiger charge is 2.35. The van der Waals surface area contributed by atoms with Crippen LogP contribution in [-0.4, -0.2) is 56.6 Å². The van der Waals surface area contributed by atoms with Gasteiger partial charge in [0.1, 0.15) is 0 Å². The highest BCUT2D eigenvalue weighted by Crippen LogP contribution is 2.25. The van der Waals surface area contributed by atoms with Crippen molar-refractivity contribution in [2.75, 3.05) is 39.8 Å². The molecule has 2 aliphatic heterocycles. The highest BCUT2D eigenvalue weighted by atomic mass is 16.2. The number of urea groups is 1. The molecule has 2 fully saturated rings. The van der Waals surface area contributed by atoms with Crippen LogP contribution in [0.3, 0.4) is 0 Å². The summed E-state index contributed by atoms with van der Waals surface area (Å²) < 4.78 is 0. The van der Waals surface area contributed by atoms with E-state index in [9.17, 15) is 9.59 Å². The minimum Gasteiger partial charge on any atom is -0.341 e. The van der Waals surface area contributed by atoms with Gasteiger partial charge in [0.05, 0.1) is 0 Å². The van der Waals surface area contributed by atoms with Crippen molar-refractivity contribution in [1.29, 1.82) is 0 Å². The third-order valence-corrected chi connectivity index (χ3v) is 3.60. The Labute approximate surface area is 101 Å². The first-order valence-electron chi connectivity index (χ1n) is 6.13. The predicted molar refractivity (Wildman–Crippen MR) is 63.5 cm³/mol. The normalized spacial score (nSPS) is 27.8. The Hall–Kier alpha value is -1.14. The first kappa shape index (κ1) is 12.3. The summed E-state index contributed by atoms with van der Waals surface area (Å²) in [6.45, 7) is 5.10. The molecule has 6 heteroatoms. The standard InChI is InChI=1S/C11H20N4O2/c1-12-11(17)14-10(16)2-3-15-6-8-4-13-5-9(8)7-15/h8-9,13H,2-7H2,1H3,(H2,12,14,16,17). The van der Waals surface area contributed by atoms with Gasteiger partial charge in [-0.2, -0.15) is 0 Å². The van der Waals surface area contributed by atoms with E-state index in [-0.39, 0.29) is 5.91 Å². The molecule has 2 unspecified atom stereocenters. The van der Waals surface area contributed by atoms with Gasteiger partial charge in [0.25, 0.3) is 0 Å². The second-order valence-electron chi connectivity index (χ2n) is 4.82. The van der Waals surface area contributed by atoms with Gasteiger partial charge >= 0.3 is 6.03 Å². The summed E-state index contributed by atoms with van der Waals surface area (Å²) in [6.07, 6.45) is 0.389. The largest absolute Gasteiger partial charge is 0.341 e. The number of nitrogens with zero attached hydrogens (tertiary/aromatic N) is 1. The molecule has 0 aliphatic carbocycles. The number of rotatable bonds is 3. The number of hydrogen-bond donors (Lipinski definition) is 3. The predicted octanol–water partition coefficient (Wildman–Crippen LogP) is -1.02. The molecule has 0 radical (unpaired) electrons. The summed E-state index contributed by atoms with van der Waals surface area (Å²) in [7, 11) is 1.50. The van der Waals surface area contributed by atoms with Gasteiger partial charge in [0.2, 0.25) is 5.91 Å². The topological polar surface area (TPSA) is 73.5 Å². The number of fused-ring (bicyclic) bond motifs is 1. The van der Waals surface area contributed by atoms with Crippen LogP contribution >= 0.6 is 0 Å². The van der Waals surface area contributed by atoms with E-state index >= 15 is 0 Å². The second kappa shape index (κ2) is 5.46. The fourth-order valence-electron chi connectivity index (χ4n) is 2.65. The number of amides is 3. The zero-order valence-electron chi connectivity index (χ0n) is 10.2. The number of carbonyl (C=O) groups is 2. The van der Waals surface area contributed by atoms with Crippen LogP contribution in [0.25, 0.3) is 0 Å². The molecule has 0 saturated carbocycles. The summed E-state index contributed by atoms with van der Waals surface area (Å²) in [5.41, 5.74) is 0. The molecule has 2 atom stereocenters. The van der Waals surface area contributed by atoms with Gasteiger partial charge in [-0.3, -0.25) is 10.1 Å². The molecule has 96 valence electrons. The maximum atomic E-state index is 11.4. The lowest BCUT2D eigenvalue weighted by atomic mass is 10.0. The van der Waals surface area contributed by atoms with E-state index in [0.717, 1.165) is 44.6 Å². The molecule has 2 saturated heterocycles. The average Bonchev–Trinajstić information content (AvgIpc) is 2.86. The molecule has 0 aromatic rings. The van der Waals surface area contributed by atoms with Crippen LogP contribution in [-0.2, 0) is 4.79 Å². The molecular formula is C11H20N4O2. The molecule has 2 aliphatic rings. The minimum atomic E-state index is -0.433. The smallest absolute Gasteiger partial charge is 0.321 e. The van der Waals surface area contributed by atoms with Crippen molar-refractivity contribution >= 4 is 11.9 Å². The summed E-state index contributed by atoms with van der Waals surface area (Å²) in [5, 5.41) is 8.02. The fraction of sp³-hybridized carbons (Fsp3) is 0.818. The van der Waals surface area contributed by atoms with Gasteiger partial charge in [-0.25, -0.2) is 4.79 Å².